The lowest BCUT2D eigenvalue weighted by Gasteiger charge is -2.54. The predicted octanol–water partition coefficient (Wildman–Crippen LogP) is 6.60. The fraction of sp³-hybridized carbons (Fsp3) is 0.469. The van der Waals surface area contributed by atoms with Crippen molar-refractivity contribution in [2.24, 2.45) is 11.3 Å². The lowest BCUT2D eigenvalue weighted by atomic mass is 9.49. The molecule has 38 heavy (non-hydrogen) atoms. The summed E-state index contributed by atoms with van der Waals surface area (Å²) in [6.45, 7) is 10.1. The van der Waals surface area contributed by atoms with E-state index in [1.54, 1.807) is 12.1 Å². The summed E-state index contributed by atoms with van der Waals surface area (Å²) in [7, 11) is 0. The number of fused-ring (bicyclic) bond motifs is 4. The monoisotopic (exact) mass is 516 g/mol. The Labute approximate surface area is 223 Å². The second-order valence-electron chi connectivity index (χ2n) is 11.8. The number of carbonyl (C=O) groups excluding carboxylic acids is 2. The zero-order valence-electron chi connectivity index (χ0n) is 22.9. The van der Waals surface area contributed by atoms with Crippen molar-refractivity contribution in [2.75, 3.05) is 0 Å². The van der Waals surface area contributed by atoms with Gasteiger partial charge in [0.1, 0.15) is 17.9 Å². The fourth-order valence-electron chi connectivity index (χ4n) is 6.98. The van der Waals surface area contributed by atoms with Gasteiger partial charge in [-0.3, -0.25) is 9.59 Å². The van der Waals surface area contributed by atoms with Crippen LogP contribution in [0.2, 0.25) is 0 Å². The van der Waals surface area contributed by atoms with E-state index in [0.29, 0.717) is 16.9 Å². The SMILES string of the molecule is CC(=O)Oc1ccc2c(COC(=O)[C@]3(C)CCC[C@]4(C)c5ccc(C(C)C)cc5CC[C@@H]34)cc(=O)oc2c1. The molecule has 0 saturated heterocycles. The number of carbonyl (C=O) groups is 2. The minimum absolute atomic E-state index is 0.0266. The molecule has 0 N–H and O–H groups in total. The molecule has 3 aromatic rings. The molecule has 0 aliphatic heterocycles. The van der Waals surface area contributed by atoms with Crippen molar-refractivity contribution < 1.29 is 23.5 Å². The maximum Gasteiger partial charge on any atom is 0.336 e. The summed E-state index contributed by atoms with van der Waals surface area (Å²) in [6, 6.07) is 13.1. The molecule has 0 bridgehead atoms. The molecule has 0 spiro atoms. The van der Waals surface area contributed by atoms with Crippen molar-refractivity contribution >= 4 is 22.9 Å². The van der Waals surface area contributed by atoms with Crippen LogP contribution in [0.5, 0.6) is 5.75 Å². The van der Waals surface area contributed by atoms with Gasteiger partial charge in [0.15, 0.2) is 0 Å². The second kappa shape index (κ2) is 9.72. The molecule has 1 saturated carbocycles. The van der Waals surface area contributed by atoms with Crippen LogP contribution < -0.4 is 10.4 Å². The van der Waals surface area contributed by atoms with Crippen LogP contribution in [0.4, 0.5) is 0 Å². The van der Waals surface area contributed by atoms with Crippen molar-refractivity contribution in [2.45, 2.75) is 84.7 Å². The lowest BCUT2D eigenvalue weighted by molar-refractivity contribution is -0.166. The highest BCUT2D eigenvalue weighted by Crippen LogP contribution is 2.57. The highest BCUT2D eigenvalue weighted by Gasteiger charge is 2.55. The Morgan fingerprint density at radius 1 is 1.08 bits per heavy atom. The van der Waals surface area contributed by atoms with Gasteiger partial charge < -0.3 is 13.9 Å². The molecule has 5 rings (SSSR count). The molecule has 2 aliphatic carbocycles. The third-order valence-corrected chi connectivity index (χ3v) is 8.93. The molecule has 6 heteroatoms. The molecule has 1 heterocycles. The molecule has 6 nitrogen and oxygen atoms in total. The Morgan fingerprint density at radius 3 is 2.61 bits per heavy atom. The zero-order valence-corrected chi connectivity index (χ0v) is 22.9. The maximum atomic E-state index is 13.8. The Balaban J connectivity index is 1.40. The molecular formula is C32H36O6. The van der Waals surface area contributed by atoms with E-state index in [1.807, 2.05) is 0 Å². The first-order valence-corrected chi connectivity index (χ1v) is 13.6. The second-order valence-corrected chi connectivity index (χ2v) is 11.8. The molecule has 1 aromatic heterocycles. The quantitative estimate of drug-likeness (QED) is 0.216. The fourth-order valence-corrected chi connectivity index (χ4v) is 6.98. The van der Waals surface area contributed by atoms with Crippen LogP contribution >= 0.6 is 0 Å². The number of benzene rings is 2. The average Bonchev–Trinajstić information content (AvgIpc) is 2.86. The minimum atomic E-state index is -0.612. The summed E-state index contributed by atoms with van der Waals surface area (Å²) >= 11 is 0. The van der Waals surface area contributed by atoms with E-state index in [1.165, 1.54) is 35.7 Å². The molecule has 200 valence electrons. The van der Waals surface area contributed by atoms with Gasteiger partial charge in [-0.2, -0.15) is 0 Å². The van der Waals surface area contributed by atoms with Crippen molar-refractivity contribution in [3.8, 4) is 5.75 Å². The van der Waals surface area contributed by atoms with E-state index in [2.05, 4.69) is 45.9 Å². The van der Waals surface area contributed by atoms with Gasteiger partial charge in [-0.25, -0.2) is 4.79 Å². The smallest absolute Gasteiger partial charge is 0.336 e. The molecule has 2 aliphatic rings. The molecule has 0 amide bonds. The maximum absolute atomic E-state index is 13.8. The van der Waals surface area contributed by atoms with Crippen LogP contribution in [-0.4, -0.2) is 11.9 Å². The third kappa shape index (κ3) is 4.55. The number of hydrogen-bond acceptors (Lipinski definition) is 6. The van der Waals surface area contributed by atoms with Crippen LogP contribution in [0.15, 0.2) is 51.7 Å². The van der Waals surface area contributed by atoms with Crippen LogP contribution in [0.25, 0.3) is 11.0 Å². The molecule has 0 unspecified atom stereocenters. The summed E-state index contributed by atoms with van der Waals surface area (Å²) in [5.74, 6) is 0.276. The molecule has 3 atom stereocenters. The van der Waals surface area contributed by atoms with E-state index in [-0.39, 0.29) is 35.2 Å². The van der Waals surface area contributed by atoms with Crippen molar-refractivity contribution in [1.82, 2.24) is 0 Å². The van der Waals surface area contributed by atoms with Gasteiger partial charge in [0.2, 0.25) is 0 Å². The van der Waals surface area contributed by atoms with Crippen molar-refractivity contribution in [3.63, 3.8) is 0 Å². The van der Waals surface area contributed by atoms with E-state index in [0.717, 1.165) is 32.1 Å². The highest BCUT2D eigenvalue weighted by molar-refractivity contribution is 5.83. The first-order valence-electron chi connectivity index (χ1n) is 13.6. The molecule has 0 radical (unpaired) electrons. The van der Waals surface area contributed by atoms with Gasteiger partial charge in [0.25, 0.3) is 0 Å². The van der Waals surface area contributed by atoms with Crippen LogP contribution in [0.3, 0.4) is 0 Å². The van der Waals surface area contributed by atoms with Crippen LogP contribution in [0.1, 0.15) is 88.5 Å². The van der Waals surface area contributed by atoms with Gasteiger partial charge in [0.05, 0.1) is 5.41 Å². The zero-order chi connectivity index (χ0) is 27.2. The van der Waals surface area contributed by atoms with Crippen molar-refractivity contribution in [1.29, 1.82) is 0 Å². The Bertz CT molecular complexity index is 1470. The van der Waals surface area contributed by atoms with Gasteiger partial charge in [-0.1, -0.05) is 45.4 Å². The van der Waals surface area contributed by atoms with Gasteiger partial charge in [-0.15, -0.1) is 0 Å². The van der Waals surface area contributed by atoms with E-state index >= 15 is 0 Å². The molecule has 2 aromatic carbocycles. The van der Waals surface area contributed by atoms with E-state index in [9.17, 15) is 14.4 Å². The van der Waals surface area contributed by atoms with Crippen LogP contribution in [-0.2, 0) is 32.8 Å². The van der Waals surface area contributed by atoms with E-state index < -0.39 is 17.0 Å². The van der Waals surface area contributed by atoms with Crippen molar-refractivity contribution in [3.05, 3.63) is 75.1 Å². The summed E-state index contributed by atoms with van der Waals surface area (Å²) in [6.07, 6.45) is 4.72. The number of rotatable bonds is 5. The summed E-state index contributed by atoms with van der Waals surface area (Å²) in [5.41, 5.74) is 3.77. The summed E-state index contributed by atoms with van der Waals surface area (Å²) in [5, 5.41) is 0.638. The summed E-state index contributed by atoms with van der Waals surface area (Å²) in [4.78, 5) is 37.3. The number of ether oxygens (including phenoxy) is 2. The number of esters is 2. The lowest BCUT2D eigenvalue weighted by Crippen LogP contribution is -2.52. The topological polar surface area (TPSA) is 82.8 Å². The molecule has 1 fully saturated rings. The van der Waals surface area contributed by atoms with Gasteiger partial charge in [-0.05, 0) is 78.7 Å². The predicted molar refractivity (Wildman–Crippen MR) is 145 cm³/mol. The minimum Gasteiger partial charge on any atom is -0.460 e. The van der Waals surface area contributed by atoms with E-state index in [4.69, 9.17) is 13.9 Å². The number of hydrogen-bond donors (Lipinski definition) is 0. The molecular weight excluding hydrogens is 480 g/mol. The number of aryl methyl sites for hydroxylation is 1. The Kier molecular flexibility index (Phi) is 6.70. The first kappa shape index (κ1) is 26.2. The first-order chi connectivity index (χ1) is 18.0. The third-order valence-electron chi connectivity index (χ3n) is 8.93. The summed E-state index contributed by atoms with van der Waals surface area (Å²) < 4.78 is 16.4. The largest absolute Gasteiger partial charge is 0.460 e. The Morgan fingerprint density at radius 2 is 1.87 bits per heavy atom. The normalized spacial score (nSPS) is 24.5. The van der Waals surface area contributed by atoms with Gasteiger partial charge in [0, 0.05) is 30.0 Å². The van der Waals surface area contributed by atoms with Gasteiger partial charge >= 0.3 is 17.6 Å². The average molecular weight is 517 g/mol. The Hall–Kier alpha value is -3.41. The highest BCUT2D eigenvalue weighted by atomic mass is 16.5. The van der Waals surface area contributed by atoms with Crippen LogP contribution in [0, 0.1) is 11.3 Å². The standard InChI is InChI=1S/C32H36O6/c1-19(2)21-7-11-26-22(15-21)8-12-28-31(26,4)13-6-14-32(28,5)30(35)36-18-23-16-29(34)38-27-17-24(37-20(3)33)9-10-25(23)27/h7,9-11,15-17,19,28H,6,8,12-14,18H2,1-5H3/t28-,31-,32-/m1/s1.